The molecular formula is C19H17BrN4O. The first-order chi connectivity index (χ1) is 12.1. The molecule has 6 heteroatoms. The summed E-state index contributed by atoms with van der Waals surface area (Å²) in [5, 5.41) is 11.0. The van der Waals surface area contributed by atoms with Crippen LogP contribution in [-0.4, -0.2) is 23.2 Å². The maximum absolute atomic E-state index is 12.2. The van der Waals surface area contributed by atoms with Gasteiger partial charge in [-0.05, 0) is 42.0 Å². The number of benzene rings is 2. The van der Waals surface area contributed by atoms with Gasteiger partial charge in [0.2, 0.25) is 0 Å². The molecule has 3 aromatic rings. The molecular weight excluding hydrogens is 380 g/mol. The number of anilines is 2. The van der Waals surface area contributed by atoms with Gasteiger partial charge < -0.3 is 10.2 Å². The van der Waals surface area contributed by atoms with Crippen molar-refractivity contribution in [2.75, 3.05) is 17.3 Å². The molecule has 0 saturated heterocycles. The highest BCUT2D eigenvalue weighted by Crippen LogP contribution is 2.16. The topological polar surface area (TPSA) is 58.1 Å². The lowest BCUT2D eigenvalue weighted by atomic mass is 10.2. The molecule has 1 N–H and O–H groups in total. The molecule has 0 atom stereocenters. The van der Waals surface area contributed by atoms with Crippen LogP contribution in [0.5, 0.6) is 0 Å². The number of carbonyl (C=O) groups is 1. The highest BCUT2D eigenvalue weighted by Gasteiger charge is 2.10. The predicted octanol–water partition coefficient (Wildman–Crippen LogP) is 4.13. The molecule has 0 aliphatic rings. The summed E-state index contributed by atoms with van der Waals surface area (Å²) in [5.41, 5.74) is 2.17. The van der Waals surface area contributed by atoms with Gasteiger partial charge in [0, 0.05) is 23.8 Å². The van der Waals surface area contributed by atoms with Crippen LogP contribution in [0.25, 0.3) is 0 Å². The van der Waals surface area contributed by atoms with Crippen LogP contribution < -0.4 is 10.2 Å². The maximum Gasteiger partial charge on any atom is 0.276 e. The second kappa shape index (κ2) is 7.90. The summed E-state index contributed by atoms with van der Waals surface area (Å²) in [6.45, 7) is 0.722. The van der Waals surface area contributed by atoms with Gasteiger partial charge in [0.05, 0.1) is 0 Å². The minimum absolute atomic E-state index is 0.278. The second-order valence-electron chi connectivity index (χ2n) is 5.58. The fraction of sp³-hybridized carbons (Fsp3) is 0.105. The van der Waals surface area contributed by atoms with E-state index in [4.69, 9.17) is 0 Å². The van der Waals surface area contributed by atoms with Gasteiger partial charge in [0.15, 0.2) is 11.5 Å². The first-order valence-electron chi connectivity index (χ1n) is 7.77. The zero-order valence-electron chi connectivity index (χ0n) is 13.7. The van der Waals surface area contributed by atoms with Crippen LogP contribution in [0.15, 0.2) is 71.2 Å². The van der Waals surface area contributed by atoms with Gasteiger partial charge in [-0.3, -0.25) is 4.79 Å². The summed E-state index contributed by atoms with van der Waals surface area (Å²) in [4.78, 5) is 14.2. The number of rotatable bonds is 5. The maximum atomic E-state index is 12.2. The predicted molar refractivity (Wildman–Crippen MR) is 103 cm³/mol. The van der Waals surface area contributed by atoms with Crippen molar-refractivity contribution < 1.29 is 4.79 Å². The van der Waals surface area contributed by atoms with E-state index in [-0.39, 0.29) is 11.6 Å². The van der Waals surface area contributed by atoms with Crippen LogP contribution in [0.4, 0.5) is 11.5 Å². The molecule has 25 heavy (non-hydrogen) atoms. The second-order valence-corrected chi connectivity index (χ2v) is 6.50. The molecule has 0 radical (unpaired) electrons. The number of nitrogens with one attached hydrogen (secondary N) is 1. The number of nitrogens with zero attached hydrogens (tertiary/aromatic N) is 3. The third kappa shape index (κ3) is 4.64. The molecule has 0 aliphatic heterocycles. The average molecular weight is 397 g/mol. The first-order valence-corrected chi connectivity index (χ1v) is 8.57. The summed E-state index contributed by atoms with van der Waals surface area (Å²) in [6, 6.07) is 21.0. The van der Waals surface area contributed by atoms with Crippen LogP contribution in [0.3, 0.4) is 0 Å². The van der Waals surface area contributed by atoms with Gasteiger partial charge in [-0.25, -0.2) is 0 Å². The molecule has 0 fully saturated rings. The summed E-state index contributed by atoms with van der Waals surface area (Å²) >= 11 is 3.36. The third-order valence-corrected chi connectivity index (χ3v) is 4.17. The quantitative estimate of drug-likeness (QED) is 0.704. The molecule has 0 saturated carbocycles. The Morgan fingerprint density at radius 3 is 2.36 bits per heavy atom. The Bertz CT molecular complexity index is 836. The number of hydrogen-bond acceptors (Lipinski definition) is 4. The largest absolute Gasteiger partial charge is 0.354 e. The molecule has 1 heterocycles. The summed E-state index contributed by atoms with van der Waals surface area (Å²) in [7, 11) is 1.94. The minimum atomic E-state index is -0.285. The highest BCUT2D eigenvalue weighted by molar-refractivity contribution is 9.10. The monoisotopic (exact) mass is 396 g/mol. The molecule has 1 amide bonds. The number of carbonyl (C=O) groups excluding carboxylic acids is 1. The number of aromatic nitrogens is 2. The molecule has 0 spiro atoms. The van der Waals surface area contributed by atoms with Crippen LogP contribution in [0.2, 0.25) is 0 Å². The van der Waals surface area contributed by atoms with Crippen molar-refractivity contribution in [3.63, 3.8) is 0 Å². The van der Waals surface area contributed by atoms with Crippen LogP contribution in [0.1, 0.15) is 16.1 Å². The Kier molecular flexibility index (Phi) is 5.40. The molecule has 126 valence electrons. The average Bonchev–Trinajstić information content (AvgIpc) is 2.64. The van der Waals surface area contributed by atoms with E-state index in [9.17, 15) is 4.79 Å². The van der Waals surface area contributed by atoms with E-state index < -0.39 is 0 Å². The van der Waals surface area contributed by atoms with Gasteiger partial charge in [-0.15, -0.1) is 10.2 Å². The molecule has 5 nitrogen and oxygen atoms in total. The zero-order chi connectivity index (χ0) is 17.6. The molecule has 2 aromatic carbocycles. The van der Waals surface area contributed by atoms with Crippen molar-refractivity contribution in [3.8, 4) is 0 Å². The molecule has 1 aromatic heterocycles. The lowest BCUT2D eigenvalue weighted by Gasteiger charge is -2.17. The van der Waals surface area contributed by atoms with Crippen LogP contribution in [0, 0.1) is 0 Å². The summed E-state index contributed by atoms with van der Waals surface area (Å²) in [6.07, 6.45) is 0. The van der Waals surface area contributed by atoms with Crippen molar-refractivity contribution in [2.45, 2.75) is 6.54 Å². The van der Waals surface area contributed by atoms with Gasteiger partial charge in [-0.2, -0.15) is 0 Å². The molecule has 0 unspecified atom stereocenters. The molecule has 3 rings (SSSR count). The number of amides is 1. The van der Waals surface area contributed by atoms with E-state index in [0.29, 0.717) is 11.5 Å². The zero-order valence-corrected chi connectivity index (χ0v) is 15.3. The number of halogens is 1. The van der Waals surface area contributed by atoms with E-state index in [1.165, 1.54) is 5.56 Å². The normalized spacial score (nSPS) is 10.3. The van der Waals surface area contributed by atoms with Gasteiger partial charge in [0.1, 0.15) is 0 Å². The van der Waals surface area contributed by atoms with E-state index in [0.717, 1.165) is 11.0 Å². The van der Waals surface area contributed by atoms with E-state index in [1.807, 2.05) is 54.4 Å². The lowest BCUT2D eigenvalue weighted by Crippen LogP contribution is -2.20. The standard InChI is InChI=1S/C19H17BrN4O/c1-24(13-14-5-3-2-4-6-14)18-12-11-17(22-23-18)19(25)21-16-9-7-15(20)8-10-16/h2-12H,13H2,1H3,(H,21,25). The third-order valence-electron chi connectivity index (χ3n) is 3.64. The SMILES string of the molecule is CN(Cc1ccccc1)c1ccc(C(=O)Nc2ccc(Br)cc2)nn1. The minimum Gasteiger partial charge on any atom is -0.354 e. The van der Waals surface area contributed by atoms with Gasteiger partial charge in [0.25, 0.3) is 5.91 Å². The smallest absolute Gasteiger partial charge is 0.276 e. The summed E-state index contributed by atoms with van der Waals surface area (Å²) in [5.74, 6) is 0.427. The fourth-order valence-corrected chi connectivity index (χ4v) is 2.58. The number of hydrogen-bond donors (Lipinski definition) is 1. The van der Waals surface area contributed by atoms with E-state index >= 15 is 0 Å². The van der Waals surface area contributed by atoms with Crippen molar-refractivity contribution in [1.29, 1.82) is 0 Å². The lowest BCUT2D eigenvalue weighted by molar-refractivity contribution is 0.102. The first kappa shape index (κ1) is 17.1. The molecule has 0 bridgehead atoms. The summed E-state index contributed by atoms with van der Waals surface area (Å²) < 4.78 is 0.955. The van der Waals surface area contributed by atoms with Crippen LogP contribution in [-0.2, 0) is 6.54 Å². The van der Waals surface area contributed by atoms with Crippen molar-refractivity contribution in [2.24, 2.45) is 0 Å². The van der Waals surface area contributed by atoms with Crippen molar-refractivity contribution in [1.82, 2.24) is 10.2 Å². The Labute approximate surface area is 154 Å². The van der Waals surface area contributed by atoms with Gasteiger partial charge >= 0.3 is 0 Å². The fourth-order valence-electron chi connectivity index (χ4n) is 2.32. The highest BCUT2D eigenvalue weighted by atomic mass is 79.9. The van der Waals surface area contributed by atoms with Crippen molar-refractivity contribution >= 4 is 33.3 Å². The van der Waals surface area contributed by atoms with Crippen LogP contribution >= 0.6 is 15.9 Å². The Morgan fingerprint density at radius 1 is 1.00 bits per heavy atom. The molecule has 0 aliphatic carbocycles. The van der Waals surface area contributed by atoms with Gasteiger partial charge in [-0.1, -0.05) is 46.3 Å². The Balaban J connectivity index is 1.65. The van der Waals surface area contributed by atoms with Crippen molar-refractivity contribution in [3.05, 3.63) is 82.5 Å². The van der Waals surface area contributed by atoms with E-state index in [1.54, 1.807) is 12.1 Å². The Hall–Kier alpha value is -2.73. The Morgan fingerprint density at radius 2 is 1.72 bits per heavy atom. The van der Waals surface area contributed by atoms with E-state index in [2.05, 4.69) is 43.6 Å².